The van der Waals surface area contributed by atoms with Gasteiger partial charge in [0.2, 0.25) is 5.91 Å². The second-order valence-corrected chi connectivity index (χ2v) is 6.32. The molecule has 1 unspecified atom stereocenters. The molecule has 0 bridgehead atoms. The molecule has 3 nitrogen and oxygen atoms in total. The highest BCUT2D eigenvalue weighted by Crippen LogP contribution is 2.37. The van der Waals surface area contributed by atoms with Crippen molar-refractivity contribution in [2.75, 3.05) is 12.0 Å². The van der Waals surface area contributed by atoms with Gasteiger partial charge in [0.15, 0.2) is 0 Å². The molecule has 1 rings (SSSR count). The molecule has 94 valence electrons. The minimum atomic E-state index is -0.344. The Kier molecular flexibility index (Phi) is 5.12. The number of hydrogen-bond donors (Lipinski definition) is 2. The highest BCUT2D eigenvalue weighted by Gasteiger charge is 2.35. The van der Waals surface area contributed by atoms with Crippen LogP contribution < -0.4 is 11.1 Å². The molecule has 0 saturated heterocycles. The molecule has 0 heterocycles. The normalized spacial score (nSPS) is 25.4. The van der Waals surface area contributed by atoms with E-state index in [1.54, 1.807) is 11.8 Å². The van der Waals surface area contributed by atoms with E-state index in [2.05, 4.69) is 19.2 Å². The molecule has 4 heteroatoms. The van der Waals surface area contributed by atoms with Crippen molar-refractivity contribution in [3.8, 4) is 0 Å². The first-order valence-corrected chi connectivity index (χ1v) is 7.41. The van der Waals surface area contributed by atoms with Crippen molar-refractivity contribution in [1.82, 2.24) is 5.32 Å². The quantitative estimate of drug-likeness (QED) is 0.775. The topological polar surface area (TPSA) is 55.1 Å². The molecule has 0 aliphatic heterocycles. The Labute approximate surface area is 103 Å². The third kappa shape index (κ3) is 3.67. The van der Waals surface area contributed by atoms with E-state index in [1.807, 2.05) is 6.26 Å². The monoisotopic (exact) mass is 244 g/mol. The average Bonchev–Trinajstić information content (AvgIpc) is 2.54. The molecular formula is C12H24N2OS. The van der Waals surface area contributed by atoms with Gasteiger partial charge in [-0.15, -0.1) is 0 Å². The Bertz CT molecular complexity index is 243. The summed E-state index contributed by atoms with van der Waals surface area (Å²) in [5.74, 6) is 0.969. The lowest BCUT2D eigenvalue weighted by Gasteiger charge is -2.28. The number of nitrogens with two attached hydrogens (primary N) is 1. The molecule has 1 fully saturated rings. The summed E-state index contributed by atoms with van der Waals surface area (Å²) in [4.78, 5) is 11.8. The van der Waals surface area contributed by atoms with Gasteiger partial charge in [0.05, 0.1) is 6.04 Å². The number of nitrogens with one attached hydrogen (secondary N) is 1. The Hall–Kier alpha value is -0.220. The predicted octanol–water partition coefficient (Wildman–Crippen LogP) is 1.76. The summed E-state index contributed by atoms with van der Waals surface area (Å²) in [6.07, 6.45) is 6.29. The summed E-state index contributed by atoms with van der Waals surface area (Å²) in [5, 5.41) is 3.10. The van der Waals surface area contributed by atoms with Gasteiger partial charge in [-0.1, -0.05) is 20.3 Å². The summed E-state index contributed by atoms with van der Waals surface area (Å²) in [7, 11) is 0. The predicted molar refractivity (Wildman–Crippen MR) is 70.5 cm³/mol. The third-order valence-corrected chi connectivity index (χ3v) is 4.19. The number of amides is 1. The highest BCUT2D eigenvalue weighted by molar-refractivity contribution is 7.98. The molecule has 1 saturated carbocycles. The molecule has 1 aliphatic rings. The molecule has 0 aromatic carbocycles. The van der Waals surface area contributed by atoms with Gasteiger partial charge in [0.1, 0.15) is 0 Å². The van der Waals surface area contributed by atoms with Crippen LogP contribution in [0.4, 0.5) is 0 Å². The van der Waals surface area contributed by atoms with Crippen LogP contribution in [0.1, 0.15) is 39.5 Å². The first-order chi connectivity index (χ1) is 7.47. The number of carbonyl (C=O) groups excluding carboxylic acids is 1. The molecule has 0 radical (unpaired) electrons. The molecule has 16 heavy (non-hydrogen) atoms. The average molecular weight is 244 g/mol. The maximum Gasteiger partial charge on any atom is 0.237 e. The molecule has 0 spiro atoms. The molecular weight excluding hydrogens is 220 g/mol. The Balaban J connectivity index is 2.39. The second-order valence-electron chi connectivity index (χ2n) is 5.33. The van der Waals surface area contributed by atoms with Crippen molar-refractivity contribution in [1.29, 1.82) is 0 Å². The van der Waals surface area contributed by atoms with Crippen molar-refractivity contribution >= 4 is 17.7 Å². The summed E-state index contributed by atoms with van der Waals surface area (Å²) >= 11 is 1.73. The molecule has 0 aromatic heterocycles. The molecule has 1 amide bonds. The Morgan fingerprint density at radius 1 is 1.62 bits per heavy atom. The minimum absolute atomic E-state index is 0.0222. The fraction of sp³-hybridized carbons (Fsp3) is 0.917. The van der Waals surface area contributed by atoms with Gasteiger partial charge in [0, 0.05) is 6.04 Å². The van der Waals surface area contributed by atoms with Gasteiger partial charge in [-0.2, -0.15) is 11.8 Å². The van der Waals surface area contributed by atoms with Gasteiger partial charge in [-0.05, 0) is 36.7 Å². The zero-order valence-electron chi connectivity index (χ0n) is 10.6. The van der Waals surface area contributed by atoms with E-state index in [0.29, 0.717) is 6.04 Å². The van der Waals surface area contributed by atoms with E-state index < -0.39 is 0 Å². The SMILES string of the molecule is CSCC[C@@H](N)C(=O)NC1CCCC1(C)C. The first kappa shape index (κ1) is 13.8. The maximum absolute atomic E-state index is 11.8. The largest absolute Gasteiger partial charge is 0.351 e. The third-order valence-electron chi connectivity index (χ3n) is 3.54. The number of hydrogen-bond acceptors (Lipinski definition) is 3. The fourth-order valence-electron chi connectivity index (χ4n) is 2.25. The van der Waals surface area contributed by atoms with Crippen LogP contribution in [-0.2, 0) is 4.79 Å². The van der Waals surface area contributed by atoms with E-state index >= 15 is 0 Å². The lowest BCUT2D eigenvalue weighted by molar-refractivity contribution is -0.123. The zero-order chi connectivity index (χ0) is 12.2. The summed E-state index contributed by atoms with van der Waals surface area (Å²) < 4.78 is 0. The lowest BCUT2D eigenvalue weighted by atomic mass is 9.87. The summed E-state index contributed by atoms with van der Waals surface area (Å²) in [6.45, 7) is 4.44. The van der Waals surface area contributed by atoms with Crippen LogP contribution in [0, 0.1) is 5.41 Å². The van der Waals surface area contributed by atoms with Gasteiger partial charge in [-0.25, -0.2) is 0 Å². The van der Waals surface area contributed by atoms with Crippen LogP contribution in [0.2, 0.25) is 0 Å². The first-order valence-electron chi connectivity index (χ1n) is 6.02. The molecule has 0 aromatic rings. The van der Waals surface area contributed by atoms with E-state index in [9.17, 15) is 4.79 Å². The van der Waals surface area contributed by atoms with Crippen LogP contribution in [0.5, 0.6) is 0 Å². The van der Waals surface area contributed by atoms with E-state index in [0.717, 1.165) is 18.6 Å². The maximum atomic E-state index is 11.8. The Morgan fingerprint density at radius 2 is 2.31 bits per heavy atom. The summed E-state index contributed by atoms with van der Waals surface area (Å²) in [5.41, 5.74) is 6.08. The van der Waals surface area contributed by atoms with Gasteiger partial charge in [-0.3, -0.25) is 4.79 Å². The molecule has 2 atom stereocenters. The molecule has 3 N–H and O–H groups in total. The van der Waals surface area contributed by atoms with E-state index in [1.165, 1.54) is 12.8 Å². The van der Waals surface area contributed by atoms with Gasteiger partial charge < -0.3 is 11.1 Å². The number of rotatable bonds is 5. The van der Waals surface area contributed by atoms with Crippen molar-refractivity contribution in [3.63, 3.8) is 0 Å². The van der Waals surface area contributed by atoms with Crippen LogP contribution in [0.15, 0.2) is 0 Å². The van der Waals surface area contributed by atoms with Gasteiger partial charge in [0.25, 0.3) is 0 Å². The second kappa shape index (κ2) is 5.92. The van der Waals surface area contributed by atoms with Crippen LogP contribution in [0.25, 0.3) is 0 Å². The minimum Gasteiger partial charge on any atom is -0.351 e. The number of thioether (sulfide) groups is 1. The van der Waals surface area contributed by atoms with Crippen molar-refractivity contribution < 1.29 is 4.79 Å². The van der Waals surface area contributed by atoms with E-state index in [-0.39, 0.29) is 17.4 Å². The van der Waals surface area contributed by atoms with Crippen molar-refractivity contribution in [2.45, 2.75) is 51.6 Å². The van der Waals surface area contributed by atoms with Gasteiger partial charge >= 0.3 is 0 Å². The molecule has 1 aliphatic carbocycles. The summed E-state index contributed by atoms with van der Waals surface area (Å²) in [6, 6.07) is -0.0378. The highest BCUT2D eigenvalue weighted by atomic mass is 32.2. The van der Waals surface area contributed by atoms with Crippen LogP contribution >= 0.6 is 11.8 Å². The number of carbonyl (C=O) groups is 1. The van der Waals surface area contributed by atoms with E-state index in [4.69, 9.17) is 5.73 Å². The zero-order valence-corrected chi connectivity index (χ0v) is 11.4. The van der Waals surface area contributed by atoms with Crippen LogP contribution in [-0.4, -0.2) is 30.0 Å². The smallest absolute Gasteiger partial charge is 0.237 e. The lowest BCUT2D eigenvalue weighted by Crippen LogP contribution is -2.48. The van der Waals surface area contributed by atoms with Crippen molar-refractivity contribution in [3.05, 3.63) is 0 Å². The fourth-order valence-corrected chi connectivity index (χ4v) is 2.74. The van der Waals surface area contributed by atoms with Crippen LogP contribution in [0.3, 0.4) is 0 Å². The standard InChI is InChI=1S/C12H24N2OS/c1-12(2)7-4-5-10(12)14-11(15)9(13)6-8-16-3/h9-10H,4-8,13H2,1-3H3,(H,14,15)/t9-,10?/m1/s1. The van der Waals surface area contributed by atoms with Crippen molar-refractivity contribution in [2.24, 2.45) is 11.1 Å². The Morgan fingerprint density at radius 3 is 2.81 bits per heavy atom.